The quantitative estimate of drug-likeness (QED) is 0.511. The topological polar surface area (TPSA) is 75.9 Å². The van der Waals surface area contributed by atoms with Crippen molar-refractivity contribution in [3.63, 3.8) is 0 Å². The molecule has 1 aliphatic rings. The Bertz CT molecular complexity index is 1220. The van der Waals surface area contributed by atoms with Gasteiger partial charge in [-0.1, -0.05) is 18.2 Å². The number of ether oxygens (including phenoxy) is 1. The van der Waals surface area contributed by atoms with E-state index < -0.39 is 0 Å². The zero-order valence-electron chi connectivity index (χ0n) is 17.2. The molecule has 0 radical (unpaired) electrons. The first-order valence-electron chi connectivity index (χ1n) is 10.2. The fourth-order valence-electron chi connectivity index (χ4n) is 3.93. The molecule has 1 aliphatic heterocycles. The van der Waals surface area contributed by atoms with Gasteiger partial charge in [-0.05, 0) is 30.3 Å². The van der Waals surface area contributed by atoms with Crippen molar-refractivity contribution in [1.29, 1.82) is 0 Å². The minimum atomic E-state index is -0.0871. The maximum absolute atomic E-state index is 13.4. The first kappa shape index (κ1) is 19.0. The fraction of sp³-hybridized carbons (Fsp3) is 0.217. The van der Waals surface area contributed by atoms with Gasteiger partial charge in [0.1, 0.15) is 11.4 Å². The van der Waals surface area contributed by atoms with Crippen molar-refractivity contribution < 1.29 is 9.53 Å². The molecule has 8 nitrogen and oxygen atoms in total. The van der Waals surface area contributed by atoms with E-state index >= 15 is 0 Å². The molecule has 0 aliphatic carbocycles. The molecule has 1 fully saturated rings. The molecule has 1 aromatic carbocycles. The van der Waals surface area contributed by atoms with Crippen molar-refractivity contribution in [2.24, 2.45) is 0 Å². The van der Waals surface area contributed by atoms with Crippen LogP contribution in [0.3, 0.4) is 0 Å². The molecule has 156 valence electrons. The van der Waals surface area contributed by atoms with E-state index in [0.29, 0.717) is 38.0 Å². The number of anilines is 1. The predicted molar refractivity (Wildman–Crippen MR) is 117 cm³/mol. The summed E-state index contributed by atoms with van der Waals surface area (Å²) in [6.07, 6.45) is 5.34. The Morgan fingerprint density at radius 1 is 0.935 bits per heavy atom. The molecule has 1 saturated heterocycles. The third-order valence-electron chi connectivity index (χ3n) is 5.50. The summed E-state index contributed by atoms with van der Waals surface area (Å²) >= 11 is 0. The summed E-state index contributed by atoms with van der Waals surface area (Å²) in [5.74, 6) is 1.73. The Kier molecular flexibility index (Phi) is 4.95. The molecule has 3 aromatic heterocycles. The van der Waals surface area contributed by atoms with Crippen LogP contribution in [0.25, 0.3) is 16.8 Å². The number of amides is 1. The molecular formula is C23H22N6O2. The molecule has 0 atom stereocenters. The third kappa shape index (κ3) is 3.46. The van der Waals surface area contributed by atoms with Gasteiger partial charge < -0.3 is 14.5 Å². The van der Waals surface area contributed by atoms with Crippen LogP contribution in [-0.4, -0.2) is 63.4 Å². The second-order valence-electron chi connectivity index (χ2n) is 7.27. The average Bonchev–Trinajstić information content (AvgIpc) is 3.24. The number of carbonyl (C=O) groups excluding carboxylic acids is 1. The van der Waals surface area contributed by atoms with E-state index in [1.165, 1.54) is 0 Å². The molecule has 1 amide bonds. The van der Waals surface area contributed by atoms with Crippen molar-refractivity contribution in [2.75, 3.05) is 38.2 Å². The Morgan fingerprint density at radius 3 is 2.45 bits per heavy atom. The maximum atomic E-state index is 13.4. The molecule has 4 heterocycles. The summed E-state index contributed by atoms with van der Waals surface area (Å²) < 4.78 is 7.38. The summed E-state index contributed by atoms with van der Waals surface area (Å²) in [5, 5.41) is 0. The highest BCUT2D eigenvalue weighted by molar-refractivity contribution is 5.95. The van der Waals surface area contributed by atoms with E-state index in [2.05, 4.69) is 14.9 Å². The van der Waals surface area contributed by atoms with Crippen molar-refractivity contribution in [2.45, 2.75) is 0 Å². The van der Waals surface area contributed by atoms with E-state index in [9.17, 15) is 4.79 Å². The second kappa shape index (κ2) is 8.06. The SMILES string of the molecule is COc1ccccc1-c1nc(C(=O)N2CCN(c3ncccn3)CC2)n2ccccc12. The van der Waals surface area contributed by atoms with Gasteiger partial charge in [-0.2, -0.15) is 0 Å². The number of aromatic nitrogens is 4. The third-order valence-corrected chi connectivity index (χ3v) is 5.50. The normalized spacial score (nSPS) is 14.1. The van der Waals surface area contributed by atoms with Gasteiger partial charge >= 0.3 is 0 Å². The second-order valence-corrected chi connectivity index (χ2v) is 7.27. The van der Waals surface area contributed by atoms with Gasteiger partial charge in [-0.15, -0.1) is 0 Å². The Balaban J connectivity index is 1.45. The standard InChI is InChI=1S/C23H22N6O2/c1-31-19-9-3-2-7-17(19)20-18-8-4-5-12-29(18)21(26-20)22(30)27-13-15-28(16-14-27)23-24-10-6-11-25-23/h2-12H,13-16H2,1H3. The lowest BCUT2D eigenvalue weighted by Crippen LogP contribution is -2.49. The molecular weight excluding hydrogens is 392 g/mol. The highest BCUT2D eigenvalue weighted by Crippen LogP contribution is 2.32. The van der Waals surface area contributed by atoms with E-state index in [1.54, 1.807) is 25.6 Å². The molecule has 0 unspecified atom stereocenters. The summed E-state index contributed by atoms with van der Waals surface area (Å²) in [6, 6.07) is 15.3. The molecule has 4 aromatic rings. The number of imidazole rings is 1. The van der Waals surface area contributed by atoms with Crippen LogP contribution < -0.4 is 9.64 Å². The zero-order valence-corrected chi connectivity index (χ0v) is 17.2. The number of benzene rings is 1. The van der Waals surface area contributed by atoms with Crippen LogP contribution in [0.5, 0.6) is 5.75 Å². The summed E-state index contributed by atoms with van der Waals surface area (Å²) in [5.41, 5.74) is 2.46. The Hall–Kier alpha value is -3.94. The van der Waals surface area contributed by atoms with Gasteiger partial charge in [0.2, 0.25) is 11.8 Å². The van der Waals surface area contributed by atoms with Gasteiger partial charge in [0.05, 0.1) is 12.6 Å². The van der Waals surface area contributed by atoms with Crippen LogP contribution in [0.1, 0.15) is 10.6 Å². The van der Waals surface area contributed by atoms with Gasteiger partial charge in [0, 0.05) is 50.3 Å². The summed E-state index contributed by atoms with van der Waals surface area (Å²) in [6.45, 7) is 2.53. The lowest BCUT2D eigenvalue weighted by atomic mass is 10.1. The molecule has 8 heteroatoms. The predicted octanol–water partition coefficient (Wildman–Crippen LogP) is 2.76. The van der Waals surface area contributed by atoms with Gasteiger partial charge in [-0.25, -0.2) is 15.0 Å². The lowest BCUT2D eigenvalue weighted by molar-refractivity contribution is 0.0733. The van der Waals surface area contributed by atoms with Crippen LogP contribution in [-0.2, 0) is 0 Å². The number of hydrogen-bond donors (Lipinski definition) is 0. The van der Waals surface area contributed by atoms with E-state index in [0.717, 1.165) is 22.5 Å². The highest BCUT2D eigenvalue weighted by Gasteiger charge is 2.27. The largest absolute Gasteiger partial charge is 0.496 e. The summed E-state index contributed by atoms with van der Waals surface area (Å²) in [4.78, 5) is 30.7. The molecule has 0 spiro atoms. The monoisotopic (exact) mass is 414 g/mol. The average molecular weight is 414 g/mol. The Labute approximate surface area is 179 Å². The van der Waals surface area contributed by atoms with Crippen LogP contribution in [0.2, 0.25) is 0 Å². The van der Waals surface area contributed by atoms with Crippen LogP contribution in [0.15, 0.2) is 67.1 Å². The fourth-order valence-corrected chi connectivity index (χ4v) is 3.93. The highest BCUT2D eigenvalue weighted by atomic mass is 16.5. The number of nitrogens with zero attached hydrogens (tertiary/aromatic N) is 6. The number of pyridine rings is 1. The van der Waals surface area contributed by atoms with Gasteiger partial charge in [0.25, 0.3) is 5.91 Å². The van der Waals surface area contributed by atoms with Crippen molar-refractivity contribution in [1.82, 2.24) is 24.3 Å². The number of carbonyl (C=O) groups is 1. The molecule has 0 bridgehead atoms. The lowest BCUT2D eigenvalue weighted by Gasteiger charge is -2.34. The van der Waals surface area contributed by atoms with E-state index in [1.807, 2.05) is 58.0 Å². The molecule has 31 heavy (non-hydrogen) atoms. The maximum Gasteiger partial charge on any atom is 0.290 e. The van der Waals surface area contributed by atoms with E-state index in [-0.39, 0.29) is 5.91 Å². The first-order chi connectivity index (χ1) is 15.3. The number of fused-ring (bicyclic) bond motifs is 1. The number of hydrogen-bond acceptors (Lipinski definition) is 6. The van der Waals surface area contributed by atoms with Gasteiger partial charge in [0.15, 0.2) is 0 Å². The Morgan fingerprint density at radius 2 is 1.68 bits per heavy atom. The number of para-hydroxylation sites is 1. The van der Waals surface area contributed by atoms with Crippen molar-refractivity contribution >= 4 is 17.4 Å². The number of methoxy groups -OCH3 is 1. The van der Waals surface area contributed by atoms with Gasteiger partial charge in [-0.3, -0.25) is 9.20 Å². The van der Waals surface area contributed by atoms with Crippen LogP contribution in [0.4, 0.5) is 5.95 Å². The minimum Gasteiger partial charge on any atom is -0.496 e. The van der Waals surface area contributed by atoms with Crippen molar-refractivity contribution in [3.8, 4) is 17.0 Å². The van der Waals surface area contributed by atoms with Crippen molar-refractivity contribution in [3.05, 3.63) is 72.9 Å². The number of rotatable bonds is 4. The molecule has 0 N–H and O–H groups in total. The zero-order chi connectivity index (χ0) is 21.2. The first-order valence-corrected chi connectivity index (χ1v) is 10.2. The number of piperazine rings is 1. The smallest absolute Gasteiger partial charge is 0.290 e. The molecule has 0 saturated carbocycles. The summed E-state index contributed by atoms with van der Waals surface area (Å²) in [7, 11) is 1.64. The van der Waals surface area contributed by atoms with Crippen LogP contribution >= 0.6 is 0 Å². The van der Waals surface area contributed by atoms with Crippen LogP contribution in [0, 0.1) is 0 Å². The minimum absolute atomic E-state index is 0.0871. The molecule has 5 rings (SSSR count). The van der Waals surface area contributed by atoms with E-state index in [4.69, 9.17) is 9.72 Å².